The predicted octanol–water partition coefficient (Wildman–Crippen LogP) is 4.98. The molecule has 1 aromatic carbocycles. The molecule has 1 aromatic heterocycles. The minimum absolute atomic E-state index is 0.300. The summed E-state index contributed by atoms with van der Waals surface area (Å²) >= 11 is 11.5. The molecule has 0 spiro atoms. The van der Waals surface area contributed by atoms with Crippen LogP contribution in [0.3, 0.4) is 0 Å². The molecule has 0 saturated carbocycles. The molecular formula is C14H15BrClNS. The van der Waals surface area contributed by atoms with Gasteiger partial charge in [-0.3, -0.25) is 0 Å². The fourth-order valence-corrected chi connectivity index (χ4v) is 3.74. The largest absolute Gasteiger partial charge is 0.313 e. The van der Waals surface area contributed by atoms with E-state index < -0.39 is 0 Å². The molecule has 96 valence electrons. The zero-order chi connectivity index (χ0) is 13.1. The molecule has 0 fully saturated rings. The average Bonchev–Trinajstić information content (AvgIpc) is 2.76. The lowest BCUT2D eigenvalue weighted by Crippen LogP contribution is -2.19. The van der Waals surface area contributed by atoms with Crippen LogP contribution in [0.5, 0.6) is 0 Å². The van der Waals surface area contributed by atoms with Gasteiger partial charge in [0.1, 0.15) is 0 Å². The summed E-state index contributed by atoms with van der Waals surface area (Å²) < 4.78 is 1.18. The molecule has 1 heterocycles. The molecule has 0 aliphatic heterocycles. The van der Waals surface area contributed by atoms with Gasteiger partial charge in [0, 0.05) is 22.4 Å². The van der Waals surface area contributed by atoms with E-state index >= 15 is 0 Å². The van der Waals surface area contributed by atoms with Gasteiger partial charge in [-0.2, -0.15) is 0 Å². The van der Waals surface area contributed by atoms with E-state index in [1.54, 1.807) is 11.3 Å². The van der Waals surface area contributed by atoms with Crippen LogP contribution < -0.4 is 5.32 Å². The molecule has 1 atom stereocenters. The van der Waals surface area contributed by atoms with Crippen LogP contribution >= 0.6 is 38.9 Å². The molecule has 1 N–H and O–H groups in total. The van der Waals surface area contributed by atoms with E-state index in [0.717, 1.165) is 17.0 Å². The first kappa shape index (κ1) is 14.1. The summed E-state index contributed by atoms with van der Waals surface area (Å²) in [5.74, 6) is 0. The number of rotatable bonds is 4. The SMILES string of the molecule is CNC(Cc1ccc(Br)s1)c1cccc(Cl)c1C. The van der Waals surface area contributed by atoms with Crippen molar-refractivity contribution in [2.75, 3.05) is 7.05 Å². The van der Waals surface area contributed by atoms with Gasteiger partial charge in [-0.15, -0.1) is 11.3 Å². The van der Waals surface area contributed by atoms with Crippen molar-refractivity contribution in [3.8, 4) is 0 Å². The fraction of sp³-hybridized carbons (Fsp3) is 0.286. The van der Waals surface area contributed by atoms with Crippen LogP contribution in [0.1, 0.15) is 22.0 Å². The molecule has 18 heavy (non-hydrogen) atoms. The Hall–Kier alpha value is -0.350. The Bertz CT molecular complexity index is 538. The first-order chi connectivity index (χ1) is 8.61. The third kappa shape index (κ3) is 3.15. The third-order valence-corrected chi connectivity index (χ3v) is 5.12. The van der Waals surface area contributed by atoms with Gasteiger partial charge in [0.15, 0.2) is 0 Å². The van der Waals surface area contributed by atoms with Gasteiger partial charge in [0.05, 0.1) is 3.79 Å². The maximum Gasteiger partial charge on any atom is 0.0701 e. The minimum atomic E-state index is 0.300. The Labute approximate surface area is 125 Å². The number of likely N-dealkylation sites (N-methyl/N-ethyl adjacent to an activating group) is 1. The molecule has 0 bridgehead atoms. The third-order valence-electron chi connectivity index (χ3n) is 3.07. The summed E-state index contributed by atoms with van der Waals surface area (Å²) in [5, 5.41) is 4.21. The highest BCUT2D eigenvalue weighted by Crippen LogP contribution is 2.30. The van der Waals surface area contributed by atoms with Crippen LogP contribution in [0, 0.1) is 6.92 Å². The molecule has 0 saturated heterocycles. The summed E-state index contributed by atoms with van der Waals surface area (Å²) in [7, 11) is 1.99. The Balaban J connectivity index is 2.25. The van der Waals surface area contributed by atoms with Gasteiger partial charge in [0.25, 0.3) is 0 Å². The van der Waals surface area contributed by atoms with Crippen LogP contribution in [0.15, 0.2) is 34.1 Å². The van der Waals surface area contributed by atoms with Gasteiger partial charge < -0.3 is 5.32 Å². The number of hydrogen-bond donors (Lipinski definition) is 1. The van der Waals surface area contributed by atoms with Crippen LogP contribution in [0.4, 0.5) is 0 Å². The fourth-order valence-electron chi connectivity index (χ4n) is 2.03. The smallest absolute Gasteiger partial charge is 0.0701 e. The molecule has 1 unspecified atom stereocenters. The lowest BCUT2D eigenvalue weighted by atomic mass is 9.98. The molecule has 0 aliphatic rings. The zero-order valence-electron chi connectivity index (χ0n) is 10.3. The predicted molar refractivity (Wildman–Crippen MR) is 83.7 cm³/mol. The van der Waals surface area contributed by atoms with E-state index in [0.29, 0.717) is 6.04 Å². The van der Waals surface area contributed by atoms with Gasteiger partial charge in [-0.25, -0.2) is 0 Å². The molecule has 2 rings (SSSR count). The summed E-state index contributed by atoms with van der Waals surface area (Å²) in [6, 6.07) is 10.7. The molecular weight excluding hydrogens is 330 g/mol. The normalized spacial score (nSPS) is 12.7. The number of halogens is 2. The maximum absolute atomic E-state index is 6.19. The Morgan fingerprint density at radius 2 is 2.11 bits per heavy atom. The van der Waals surface area contributed by atoms with Gasteiger partial charge >= 0.3 is 0 Å². The van der Waals surface area contributed by atoms with E-state index in [2.05, 4.69) is 46.4 Å². The van der Waals surface area contributed by atoms with E-state index in [-0.39, 0.29) is 0 Å². The van der Waals surface area contributed by atoms with E-state index in [1.807, 2.05) is 19.2 Å². The van der Waals surface area contributed by atoms with Crippen LogP contribution in [0.25, 0.3) is 0 Å². The van der Waals surface area contributed by atoms with E-state index in [4.69, 9.17) is 11.6 Å². The van der Waals surface area contributed by atoms with Crippen molar-refractivity contribution in [1.29, 1.82) is 0 Å². The second-order valence-electron chi connectivity index (χ2n) is 4.21. The monoisotopic (exact) mass is 343 g/mol. The quantitative estimate of drug-likeness (QED) is 0.825. The van der Waals surface area contributed by atoms with E-state index in [1.165, 1.54) is 14.2 Å². The molecule has 0 aliphatic carbocycles. The van der Waals surface area contributed by atoms with Gasteiger partial charge in [0.2, 0.25) is 0 Å². The topological polar surface area (TPSA) is 12.0 Å². The van der Waals surface area contributed by atoms with Gasteiger partial charge in [-0.1, -0.05) is 23.7 Å². The highest BCUT2D eigenvalue weighted by atomic mass is 79.9. The molecule has 2 aromatic rings. The molecule has 0 radical (unpaired) electrons. The van der Waals surface area contributed by atoms with Crippen molar-refractivity contribution in [2.24, 2.45) is 0 Å². The van der Waals surface area contributed by atoms with Crippen LogP contribution in [-0.4, -0.2) is 7.05 Å². The Morgan fingerprint density at radius 3 is 2.72 bits per heavy atom. The van der Waals surface area contributed by atoms with Crippen molar-refractivity contribution >= 4 is 38.9 Å². The number of nitrogens with one attached hydrogen (secondary N) is 1. The summed E-state index contributed by atoms with van der Waals surface area (Å²) in [4.78, 5) is 1.36. The lowest BCUT2D eigenvalue weighted by molar-refractivity contribution is 0.593. The number of hydrogen-bond acceptors (Lipinski definition) is 2. The van der Waals surface area contributed by atoms with Crippen molar-refractivity contribution in [3.63, 3.8) is 0 Å². The highest BCUT2D eigenvalue weighted by molar-refractivity contribution is 9.11. The van der Waals surface area contributed by atoms with Crippen molar-refractivity contribution < 1.29 is 0 Å². The minimum Gasteiger partial charge on any atom is -0.313 e. The van der Waals surface area contributed by atoms with Crippen molar-refractivity contribution in [1.82, 2.24) is 5.32 Å². The Kier molecular flexibility index (Phi) is 4.84. The zero-order valence-corrected chi connectivity index (χ0v) is 13.5. The number of benzene rings is 1. The van der Waals surface area contributed by atoms with E-state index in [9.17, 15) is 0 Å². The second kappa shape index (κ2) is 6.20. The van der Waals surface area contributed by atoms with Crippen molar-refractivity contribution in [3.05, 3.63) is 55.1 Å². The lowest BCUT2D eigenvalue weighted by Gasteiger charge is -2.18. The molecule has 4 heteroatoms. The highest BCUT2D eigenvalue weighted by Gasteiger charge is 2.14. The number of thiophene rings is 1. The summed E-state index contributed by atoms with van der Waals surface area (Å²) in [5.41, 5.74) is 2.43. The molecule has 1 nitrogen and oxygen atoms in total. The van der Waals surface area contributed by atoms with Crippen molar-refractivity contribution in [2.45, 2.75) is 19.4 Å². The maximum atomic E-state index is 6.19. The Morgan fingerprint density at radius 1 is 1.33 bits per heavy atom. The average molecular weight is 345 g/mol. The molecule has 0 amide bonds. The summed E-state index contributed by atoms with van der Waals surface area (Å²) in [6.07, 6.45) is 0.980. The van der Waals surface area contributed by atoms with Gasteiger partial charge in [-0.05, 0) is 59.2 Å². The second-order valence-corrected chi connectivity index (χ2v) is 7.16. The first-order valence-corrected chi connectivity index (χ1v) is 7.77. The summed E-state index contributed by atoms with van der Waals surface area (Å²) in [6.45, 7) is 2.08. The first-order valence-electron chi connectivity index (χ1n) is 5.78. The van der Waals surface area contributed by atoms with Crippen LogP contribution in [-0.2, 0) is 6.42 Å². The standard InChI is InChI=1S/C14H15BrClNS/c1-9-11(4-3-5-12(9)16)13(17-2)8-10-6-7-14(15)18-10/h3-7,13,17H,8H2,1-2H3. The van der Waals surface area contributed by atoms with Crippen LogP contribution in [0.2, 0.25) is 5.02 Å².